The van der Waals surface area contributed by atoms with Crippen molar-refractivity contribution in [2.45, 2.75) is 53.4 Å². The highest BCUT2D eigenvalue weighted by atomic mass is 19.3. The molecule has 1 aromatic rings. The van der Waals surface area contributed by atoms with Gasteiger partial charge in [0, 0.05) is 12.0 Å². The van der Waals surface area contributed by atoms with Crippen molar-refractivity contribution >= 4 is 0 Å². The molecule has 1 N–H and O–H groups in total. The minimum atomic E-state index is -1.68. The second kappa shape index (κ2) is 8.01. The highest BCUT2D eigenvalue weighted by molar-refractivity contribution is 5.57. The van der Waals surface area contributed by atoms with Gasteiger partial charge in [-0.25, -0.2) is 0 Å². The van der Waals surface area contributed by atoms with Crippen molar-refractivity contribution in [2.75, 3.05) is 6.61 Å². The Kier molecular flexibility index (Phi) is 6.66. The van der Waals surface area contributed by atoms with Crippen molar-refractivity contribution in [3.05, 3.63) is 34.4 Å². The molecule has 0 saturated carbocycles. The Hall–Kier alpha value is -1.58. The van der Waals surface area contributed by atoms with E-state index in [0.29, 0.717) is 5.75 Å². The predicted molar refractivity (Wildman–Crippen MR) is 81.3 cm³/mol. The van der Waals surface area contributed by atoms with E-state index in [4.69, 9.17) is 4.74 Å². The molecule has 21 heavy (non-hydrogen) atoms. The number of ether oxygens (including phenoxy) is 1. The minimum Gasteiger partial charge on any atom is -0.507 e. The summed E-state index contributed by atoms with van der Waals surface area (Å²) >= 11 is 0. The Morgan fingerprint density at radius 3 is 2.38 bits per heavy atom. The van der Waals surface area contributed by atoms with E-state index in [1.54, 1.807) is 0 Å². The first-order valence-electron chi connectivity index (χ1n) is 7.35. The minimum absolute atomic E-state index is 0.175. The maximum absolute atomic E-state index is 12.0. The van der Waals surface area contributed by atoms with Crippen molar-refractivity contribution < 1.29 is 18.6 Å². The number of unbranched alkanes of at least 4 members (excludes halogenated alkanes) is 1. The van der Waals surface area contributed by atoms with Crippen LogP contribution in [0.4, 0.5) is 8.78 Å². The standard InChI is InChI=1S/C17H24F2O2/c1-5-6-8-14-13(4)16(20)11(2)12(3)17(14)21-10-7-9-15(18)19/h9,20H,5-8,10H2,1-4H3. The van der Waals surface area contributed by atoms with Crippen LogP contribution in [0.1, 0.15) is 48.4 Å². The molecule has 1 aromatic carbocycles. The fourth-order valence-electron chi connectivity index (χ4n) is 2.35. The Bertz CT molecular complexity index is 518. The zero-order valence-corrected chi connectivity index (χ0v) is 13.2. The third-order valence-electron chi connectivity index (χ3n) is 3.78. The SMILES string of the molecule is CCCCc1c(C)c(O)c(C)c(C)c1OCCC=C(F)F. The van der Waals surface area contributed by atoms with Gasteiger partial charge in [-0.2, -0.15) is 8.78 Å². The zero-order chi connectivity index (χ0) is 16.0. The molecule has 0 aliphatic heterocycles. The fourth-order valence-corrected chi connectivity index (χ4v) is 2.35. The average molecular weight is 298 g/mol. The summed E-state index contributed by atoms with van der Waals surface area (Å²) in [6.07, 6.45) is 2.22. The Morgan fingerprint density at radius 1 is 1.14 bits per heavy atom. The van der Waals surface area contributed by atoms with Crippen LogP contribution in [0.15, 0.2) is 12.2 Å². The highest BCUT2D eigenvalue weighted by Gasteiger charge is 2.17. The molecule has 2 nitrogen and oxygen atoms in total. The van der Waals surface area contributed by atoms with Gasteiger partial charge in [-0.1, -0.05) is 13.3 Å². The molecule has 0 saturated heterocycles. The topological polar surface area (TPSA) is 29.5 Å². The van der Waals surface area contributed by atoms with E-state index in [9.17, 15) is 13.9 Å². The first kappa shape index (κ1) is 17.5. The first-order valence-corrected chi connectivity index (χ1v) is 7.35. The molecule has 4 heteroatoms. The maximum Gasteiger partial charge on any atom is 0.266 e. The van der Waals surface area contributed by atoms with E-state index < -0.39 is 6.08 Å². The van der Waals surface area contributed by atoms with Crippen LogP contribution >= 0.6 is 0 Å². The first-order chi connectivity index (χ1) is 9.90. The number of benzene rings is 1. The molecule has 0 radical (unpaired) electrons. The molecule has 0 fully saturated rings. The molecule has 0 unspecified atom stereocenters. The van der Waals surface area contributed by atoms with Crippen LogP contribution in [0.25, 0.3) is 0 Å². The number of rotatable bonds is 7. The summed E-state index contributed by atoms with van der Waals surface area (Å²) in [5.74, 6) is 1.05. The lowest BCUT2D eigenvalue weighted by Gasteiger charge is -2.20. The molecule has 0 heterocycles. The van der Waals surface area contributed by atoms with Gasteiger partial charge in [0.15, 0.2) is 0 Å². The summed E-state index contributed by atoms with van der Waals surface area (Å²) in [6, 6.07) is 0. The van der Waals surface area contributed by atoms with E-state index in [-0.39, 0.29) is 13.0 Å². The monoisotopic (exact) mass is 298 g/mol. The second-order valence-electron chi connectivity index (χ2n) is 5.27. The molecule has 1 rings (SSSR count). The fraction of sp³-hybridized carbons (Fsp3) is 0.529. The van der Waals surface area contributed by atoms with Gasteiger partial charge in [-0.3, -0.25) is 0 Å². The summed E-state index contributed by atoms with van der Waals surface area (Å²) < 4.78 is 29.8. The molecule has 0 spiro atoms. The van der Waals surface area contributed by atoms with Crippen LogP contribution in [0.3, 0.4) is 0 Å². The largest absolute Gasteiger partial charge is 0.507 e. The van der Waals surface area contributed by atoms with Crippen LogP contribution in [0.2, 0.25) is 0 Å². The predicted octanol–water partition coefficient (Wildman–Crippen LogP) is 5.21. The van der Waals surface area contributed by atoms with Crippen LogP contribution in [0.5, 0.6) is 11.5 Å². The molecular weight excluding hydrogens is 274 g/mol. The number of aromatic hydroxyl groups is 1. The van der Waals surface area contributed by atoms with Gasteiger partial charge in [-0.15, -0.1) is 0 Å². The smallest absolute Gasteiger partial charge is 0.266 e. The maximum atomic E-state index is 12.0. The summed E-state index contributed by atoms with van der Waals surface area (Å²) in [7, 11) is 0. The third kappa shape index (κ3) is 4.45. The van der Waals surface area contributed by atoms with Crippen molar-refractivity contribution in [1.29, 1.82) is 0 Å². The lowest BCUT2D eigenvalue weighted by Crippen LogP contribution is -2.05. The summed E-state index contributed by atoms with van der Waals surface area (Å²) in [6.45, 7) is 7.92. The van der Waals surface area contributed by atoms with Gasteiger partial charge in [-0.05, 0) is 56.4 Å². The number of phenolic OH excluding ortho intramolecular Hbond substituents is 1. The van der Waals surface area contributed by atoms with Crippen LogP contribution in [-0.4, -0.2) is 11.7 Å². The van der Waals surface area contributed by atoms with Gasteiger partial charge in [0.1, 0.15) is 11.5 Å². The number of halogens is 2. The van der Waals surface area contributed by atoms with Crippen molar-refractivity contribution in [3.63, 3.8) is 0 Å². The number of hydrogen-bond donors (Lipinski definition) is 1. The average Bonchev–Trinajstić information content (AvgIpc) is 2.45. The highest BCUT2D eigenvalue weighted by Crippen LogP contribution is 2.38. The molecule has 0 bridgehead atoms. The Labute approximate surface area is 125 Å². The number of hydrogen-bond acceptors (Lipinski definition) is 2. The van der Waals surface area contributed by atoms with Crippen molar-refractivity contribution in [2.24, 2.45) is 0 Å². The van der Waals surface area contributed by atoms with Crippen LogP contribution in [-0.2, 0) is 6.42 Å². The van der Waals surface area contributed by atoms with E-state index in [0.717, 1.165) is 53.3 Å². The summed E-state index contributed by atoms with van der Waals surface area (Å²) in [5.41, 5.74) is 3.49. The summed E-state index contributed by atoms with van der Waals surface area (Å²) in [4.78, 5) is 0. The van der Waals surface area contributed by atoms with E-state index in [2.05, 4.69) is 6.92 Å². The van der Waals surface area contributed by atoms with Crippen LogP contribution in [0, 0.1) is 20.8 Å². The van der Waals surface area contributed by atoms with E-state index >= 15 is 0 Å². The molecule has 0 aromatic heterocycles. The van der Waals surface area contributed by atoms with Gasteiger partial charge < -0.3 is 9.84 Å². The normalized spacial score (nSPS) is 10.6. The molecule has 0 amide bonds. The van der Waals surface area contributed by atoms with Crippen LogP contribution < -0.4 is 4.74 Å². The molecule has 0 aliphatic carbocycles. The molecule has 0 aliphatic rings. The third-order valence-corrected chi connectivity index (χ3v) is 3.78. The Morgan fingerprint density at radius 2 is 1.81 bits per heavy atom. The lowest BCUT2D eigenvalue weighted by atomic mass is 9.94. The van der Waals surface area contributed by atoms with Crippen molar-refractivity contribution in [3.8, 4) is 11.5 Å². The van der Waals surface area contributed by atoms with Gasteiger partial charge in [0.2, 0.25) is 0 Å². The van der Waals surface area contributed by atoms with E-state index in [1.807, 2.05) is 20.8 Å². The lowest BCUT2D eigenvalue weighted by molar-refractivity contribution is 0.313. The summed E-state index contributed by atoms with van der Waals surface area (Å²) in [5, 5.41) is 10.2. The molecule has 0 atom stereocenters. The van der Waals surface area contributed by atoms with E-state index in [1.165, 1.54) is 0 Å². The van der Waals surface area contributed by atoms with Crippen molar-refractivity contribution in [1.82, 2.24) is 0 Å². The second-order valence-corrected chi connectivity index (χ2v) is 5.27. The van der Waals surface area contributed by atoms with Gasteiger partial charge >= 0.3 is 0 Å². The molecular formula is C17H24F2O2. The number of phenols is 1. The van der Waals surface area contributed by atoms with Gasteiger partial charge in [0.05, 0.1) is 6.61 Å². The molecule has 118 valence electrons. The zero-order valence-electron chi connectivity index (χ0n) is 13.2. The van der Waals surface area contributed by atoms with Gasteiger partial charge in [0.25, 0.3) is 6.08 Å². The quantitative estimate of drug-likeness (QED) is 0.700. The Balaban J connectivity index is 3.06.